The number of aromatic nitrogens is 6. The fraction of sp³-hybridized carbons (Fsp3) is 0.459. The second kappa shape index (κ2) is 53.2. The summed E-state index contributed by atoms with van der Waals surface area (Å²) in [5.41, 5.74) is 9.89. The lowest BCUT2D eigenvalue weighted by molar-refractivity contribution is 0.00578. The predicted octanol–water partition coefficient (Wildman–Crippen LogP) is 17.2. The summed E-state index contributed by atoms with van der Waals surface area (Å²) < 4.78 is 140. The Morgan fingerprint density at radius 1 is 0.606 bits per heavy atom. The van der Waals surface area contributed by atoms with Crippen molar-refractivity contribution >= 4 is 175 Å². The second-order valence-electron chi connectivity index (χ2n) is 32.1. The third-order valence-corrected chi connectivity index (χ3v) is 27.3. The van der Waals surface area contributed by atoms with Gasteiger partial charge in [-0.2, -0.15) is 4.40 Å². The van der Waals surface area contributed by atoms with Gasteiger partial charge in [-0.25, -0.2) is 64.4 Å². The second-order valence-corrected chi connectivity index (χ2v) is 45.6. The molecule has 2 aromatic carbocycles. The molecule has 42 heteroatoms. The van der Waals surface area contributed by atoms with Crippen molar-refractivity contribution in [1.82, 2.24) is 39.5 Å². The monoisotopic (exact) mass is 2230 g/mol. The summed E-state index contributed by atoms with van der Waals surface area (Å²) in [5.74, 6) is 2.31. The fourth-order valence-electron chi connectivity index (χ4n) is 9.66. The Balaban J connectivity index is 0.000000388. The number of sulfone groups is 1. The summed E-state index contributed by atoms with van der Waals surface area (Å²) in [6, 6.07) is 22.2. The van der Waals surface area contributed by atoms with Gasteiger partial charge in [0.2, 0.25) is 35.3 Å². The molecule has 0 aliphatic carbocycles. The maximum absolute atomic E-state index is 13.3. The molecule has 2 saturated heterocycles. The van der Waals surface area contributed by atoms with E-state index in [0.717, 1.165) is 57.4 Å². The lowest BCUT2D eigenvalue weighted by atomic mass is 9.73. The SMILES string of the molecule is CC(C)(C)[S@@](N)=O.CCS(=O)(=O)Cc1ccc(C(=O)c2ccc(F)cc2)c(B2OC(C)(C)C(C)(C)O2)c1.COCC(N)c1cc(OC)ncc1Br.COCC(NC(=O)OC(C)(C)C)c1cc(OC)ncc1Br.COc1cc(C=N[S@@](=O)C(C)(C)C)c(Br)cn1.COc1cc(C=O)c(Br)cn1.COc1cc([C@H]2CN2[S@@](=O)C(C)(C)C)c(Br)cn1.COc1ccc(Br)cn1. The lowest BCUT2D eigenvalue weighted by Crippen LogP contribution is -2.41. The average molecular weight is 2230 g/mol. The summed E-state index contributed by atoms with van der Waals surface area (Å²) in [6.45, 7) is 33.3. The molecule has 7 atom stereocenters. The van der Waals surface area contributed by atoms with Crippen LogP contribution < -0.4 is 50.1 Å². The van der Waals surface area contributed by atoms with E-state index in [9.17, 15) is 39.8 Å². The number of methoxy groups -OCH3 is 8. The number of carbonyl (C=O) groups excluding carboxylic acids is 3. The molecule has 2 aliphatic rings. The van der Waals surface area contributed by atoms with Gasteiger partial charge in [0.15, 0.2) is 21.9 Å². The van der Waals surface area contributed by atoms with Crippen molar-refractivity contribution in [3.05, 3.63) is 199 Å². The molecule has 8 heterocycles. The van der Waals surface area contributed by atoms with Gasteiger partial charge in [0, 0.05) is 155 Å². The zero-order valence-electron chi connectivity index (χ0n) is 75.8. The number of rotatable bonds is 24. The van der Waals surface area contributed by atoms with E-state index in [4.69, 9.17) is 62.8 Å². The Bertz CT molecular complexity index is 5100. The normalized spacial score (nSPS) is 15.4. The van der Waals surface area contributed by atoms with E-state index in [1.165, 1.54) is 44.7 Å². The Labute approximate surface area is 804 Å². The molecular formula is C85H115BBr6FN11O19S4. The van der Waals surface area contributed by atoms with Gasteiger partial charge >= 0.3 is 13.2 Å². The standard InChI is InChI=1S/C22H26BFO5S.C14H21BrN2O4.C12H17BrN2O2S.C11H15BrN2O2S.C9H13BrN2O2.C7H6BrNO2.C6H6BrNO.C4H11NOS/c1-6-30(26,27)14-15-7-12-18(20(25)16-8-10-17(24)11-9-16)19(13-15)23-28-21(2,3)22(4,5)29-23;1-14(2,3)21-13(18)17-11(8-19-4)9-6-12(20-5)16-7-10(9)15;1-12(2,3)18(16)15-7-10(15)8-5-11(17-4)14-6-9(8)13;1-11(2,3)17(15)14-6-8-5-10(16-4)13-7-9(8)12;1-13-5-8(11)6-3-9(14-2)12-4-7(6)10;1-11-7-2-5(4-10)6(8)3-9-7;1-9-6-3-2-5(7)4-8-6;1-4(2,3)7(5)6/h7-13H,6,14H2,1-5H3;6-7,11H,8H2,1-5H3,(H,17,18);5-6,10H,7H2,1-4H3;5-7H,1-4H3;3-4,8H,5,11H2,1-2H3;2-4H,1H3;2-4H,1H3;5H2,1-3H3/t;;10-,15?,18+;17-;;;;7-/m..10...0/s1. The van der Waals surface area contributed by atoms with Gasteiger partial charge in [0.05, 0.1) is 116 Å². The number of ether oxygens (including phenoxy) is 9. The fourth-order valence-corrected chi connectivity index (χ4v) is 14.8. The van der Waals surface area contributed by atoms with Crippen LogP contribution in [0.15, 0.2) is 153 Å². The molecule has 700 valence electrons. The Morgan fingerprint density at radius 3 is 1.50 bits per heavy atom. The van der Waals surface area contributed by atoms with Gasteiger partial charge in [-0.05, 0) is 264 Å². The third kappa shape index (κ3) is 39.4. The summed E-state index contributed by atoms with van der Waals surface area (Å²) in [5, 5.41) is 7.83. The topological polar surface area (TPSA) is 395 Å². The summed E-state index contributed by atoms with van der Waals surface area (Å²) >= 11 is 20.1. The molecule has 127 heavy (non-hydrogen) atoms. The third-order valence-electron chi connectivity index (χ3n) is 17.4. The molecule has 0 radical (unpaired) electrons. The van der Waals surface area contributed by atoms with Gasteiger partial charge < -0.3 is 63.0 Å². The van der Waals surface area contributed by atoms with Crippen LogP contribution in [0, 0.1) is 5.82 Å². The van der Waals surface area contributed by atoms with E-state index in [1.54, 1.807) is 135 Å². The first-order valence-corrected chi connectivity index (χ1v) is 48.7. The quantitative estimate of drug-likeness (QED) is 0.0166. The highest BCUT2D eigenvalue weighted by molar-refractivity contribution is 9.11. The van der Waals surface area contributed by atoms with Crippen LogP contribution in [0.2, 0.25) is 0 Å². The van der Waals surface area contributed by atoms with Crippen LogP contribution in [0.1, 0.15) is 190 Å². The first kappa shape index (κ1) is 115. The maximum atomic E-state index is 13.3. The average Bonchev–Trinajstić information content (AvgIpc) is 1.62. The minimum Gasteiger partial charge on any atom is -0.481 e. The van der Waals surface area contributed by atoms with Crippen LogP contribution in [0.25, 0.3) is 0 Å². The molecule has 6 aromatic heterocycles. The largest absolute Gasteiger partial charge is 0.495 e. The summed E-state index contributed by atoms with van der Waals surface area (Å²) in [7, 11) is 5.01. The zero-order valence-corrected chi connectivity index (χ0v) is 88.6. The number of hydrogen-bond donors (Lipinski definition) is 3. The number of carbonyl (C=O) groups is 3. The van der Waals surface area contributed by atoms with Crippen LogP contribution in [-0.4, -0.2) is 200 Å². The van der Waals surface area contributed by atoms with E-state index in [1.807, 2.05) is 127 Å². The van der Waals surface area contributed by atoms with Crippen molar-refractivity contribution in [1.29, 1.82) is 0 Å². The number of ketones is 1. The van der Waals surface area contributed by atoms with Gasteiger partial charge in [-0.3, -0.25) is 14.7 Å². The van der Waals surface area contributed by atoms with Crippen molar-refractivity contribution in [2.75, 3.05) is 82.4 Å². The number of hydrogen-bond acceptors (Lipinski definition) is 26. The first-order chi connectivity index (χ1) is 59.0. The number of nitrogens with two attached hydrogens (primary N) is 2. The Morgan fingerprint density at radius 2 is 1.06 bits per heavy atom. The molecule has 0 spiro atoms. The van der Waals surface area contributed by atoms with Crippen molar-refractivity contribution in [3.63, 3.8) is 0 Å². The Kier molecular flexibility index (Phi) is 48.0. The van der Waals surface area contributed by atoms with Crippen LogP contribution in [0.3, 0.4) is 0 Å². The highest BCUT2D eigenvalue weighted by Gasteiger charge is 2.53. The van der Waals surface area contributed by atoms with E-state index in [2.05, 4.69) is 135 Å². The van der Waals surface area contributed by atoms with Gasteiger partial charge in [0.25, 0.3) is 0 Å². The Hall–Kier alpha value is -6.59. The minimum absolute atomic E-state index is 0.0229. The van der Waals surface area contributed by atoms with E-state index < -0.39 is 78.6 Å². The number of nitrogens with zero attached hydrogens (tertiary/aromatic N) is 8. The van der Waals surface area contributed by atoms with Gasteiger partial charge in [-0.15, -0.1) is 0 Å². The maximum Gasteiger partial charge on any atom is 0.495 e. The molecule has 5 N–H and O–H groups in total. The zero-order chi connectivity index (χ0) is 96.5. The van der Waals surface area contributed by atoms with Gasteiger partial charge in [-0.1, -0.05) is 25.1 Å². The minimum atomic E-state index is -3.26. The predicted molar refractivity (Wildman–Crippen MR) is 519 cm³/mol. The molecule has 2 aliphatic heterocycles. The van der Waals surface area contributed by atoms with E-state index in [0.29, 0.717) is 80.7 Å². The number of alkyl carbamates (subject to hydrolysis) is 1. The molecule has 30 nitrogen and oxygen atoms in total. The van der Waals surface area contributed by atoms with Gasteiger partial charge in [0.1, 0.15) is 33.4 Å². The molecule has 10 rings (SSSR count). The van der Waals surface area contributed by atoms with Crippen molar-refractivity contribution in [3.8, 4) is 35.3 Å². The summed E-state index contributed by atoms with van der Waals surface area (Å²) in [4.78, 5) is 59.5. The number of halogens is 7. The molecule has 0 saturated carbocycles. The van der Waals surface area contributed by atoms with Crippen LogP contribution in [0.5, 0.6) is 35.3 Å². The number of aldehydes is 1. The van der Waals surface area contributed by atoms with Crippen LogP contribution in [0.4, 0.5) is 9.18 Å². The molecular weight excluding hydrogens is 2120 g/mol. The van der Waals surface area contributed by atoms with Crippen molar-refractivity contribution < 1.29 is 91.8 Å². The highest BCUT2D eigenvalue weighted by Crippen LogP contribution is 2.43. The van der Waals surface area contributed by atoms with E-state index in [-0.39, 0.29) is 49.7 Å². The molecule has 1 amide bonds. The molecule has 2 fully saturated rings. The highest BCUT2D eigenvalue weighted by atomic mass is 79.9. The smallest absolute Gasteiger partial charge is 0.481 e. The molecule has 3 unspecified atom stereocenters. The first-order valence-electron chi connectivity index (χ1n) is 38.6. The van der Waals surface area contributed by atoms with Crippen molar-refractivity contribution in [2.24, 2.45) is 15.3 Å². The lowest BCUT2D eigenvalue weighted by Gasteiger charge is -2.32. The van der Waals surface area contributed by atoms with Crippen LogP contribution >= 0.6 is 95.6 Å². The van der Waals surface area contributed by atoms with Crippen molar-refractivity contribution in [2.45, 2.75) is 173 Å². The number of nitrogens with one attached hydrogen (secondary N) is 1. The van der Waals surface area contributed by atoms with E-state index >= 15 is 0 Å². The molecule has 0 bridgehead atoms. The molecule has 8 aromatic rings. The van der Waals surface area contributed by atoms with Crippen LogP contribution in [-0.2, 0) is 72.1 Å². The number of amides is 1. The number of pyridine rings is 6. The summed E-state index contributed by atoms with van der Waals surface area (Å²) in [6.07, 6.45) is 11.7. The number of benzene rings is 2.